The van der Waals surface area contributed by atoms with Crippen molar-refractivity contribution in [3.8, 4) is 0 Å². The fraction of sp³-hybridized carbons (Fsp3) is 0.167. The summed E-state index contributed by atoms with van der Waals surface area (Å²) in [5.41, 5.74) is 5.82. The van der Waals surface area contributed by atoms with Gasteiger partial charge in [-0.15, -0.1) is 10.2 Å². The van der Waals surface area contributed by atoms with Gasteiger partial charge in [-0.1, -0.05) is 53.1 Å². The number of thioether (sulfide) groups is 2. The average Bonchev–Trinajstić information content (AvgIpc) is 2.92. The summed E-state index contributed by atoms with van der Waals surface area (Å²) < 4.78 is 1.35. The lowest BCUT2D eigenvalue weighted by Gasteiger charge is -2.02. The van der Waals surface area contributed by atoms with Crippen LogP contribution >= 0.6 is 34.9 Å². The first kappa shape index (κ1) is 15.8. The number of primary amides is 1. The Balaban J connectivity index is 1.77. The molecule has 0 aliphatic rings. The van der Waals surface area contributed by atoms with Crippen molar-refractivity contribution in [1.29, 1.82) is 0 Å². The summed E-state index contributed by atoms with van der Waals surface area (Å²) in [6, 6.07) is 9.25. The van der Waals surface area contributed by atoms with Crippen LogP contribution in [0.15, 0.2) is 39.0 Å². The smallest absolute Gasteiger partial charge is 0.234 e. The number of benzene rings is 1. The number of rotatable bonds is 7. The fourth-order valence-electron chi connectivity index (χ4n) is 1.29. The summed E-state index contributed by atoms with van der Waals surface area (Å²) in [7, 11) is 0. The second-order valence-electron chi connectivity index (χ2n) is 3.79. The summed E-state index contributed by atoms with van der Waals surface area (Å²) >= 11 is 3.89. The molecular formula is C12H12N4O2S3. The molecule has 0 aliphatic carbocycles. The summed E-state index contributed by atoms with van der Waals surface area (Å²) in [6.45, 7) is 0. The topological polar surface area (TPSA) is 98.0 Å². The Kier molecular flexibility index (Phi) is 6.03. The summed E-state index contributed by atoms with van der Waals surface area (Å²) in [5, 5.41) is 10.7. The molecule has 2 amide bonds. The molecule has 9 heteroatoms. The quantitative estimate of drug-likeness (QED) is 0.747. The molecule has 0 atom stereocenters. The molecule has 2 rings (SSSR count). The zero-order chi connectivity index (χ0) is 15.1. The van der Waals surface area contributed by atoms with Gasteiger partial charge in [0.1, 0.15) is 0 Å². The van der Waals surface area contributed by atoms with Crippen LogP contribution in [0.25, 0.3) is 0 Å². The molecule has 0 unspecified atom stereocenters. The predicted molar refractivity (Wildman–Crippen MR) is 85.6 cm³/mol. The second-order valence-corrected chi connectivity index (χ2v) is 7.21. The third kappa shape index (κ3) is 5.74. The van der Waals surface area contributed by atoms with Gasteiger partial charge in [0.2, 0.25) is 11.8 Å². The minimum absolute atomic E-state index is 0.104. The van der Waals surface area contributed by atoms with Gasteiger partial charge in [0.05, 0.1) is 11.5 Å². The van der Waals surface area contributed by atoms with E-state index in [4.69, 9.17) is 5.73 Å². The number of amides is 2. The highest BCUT2D eigenvalue weighted by Gasteiger charge is 2.09. The van der Waals surface area contributed by atoms with Crippen LogP contribution < -0.4 is 11.1 Å². The van der Waals surface area contributed by atoms with Gasteiger partial charge in [-0.2, -0.15) is 0 Å². The molecule has 0 bridgehead atoms. The van der Waals surface area contributed by atoms with E-state index in [2.05, 4.69) is 15.5 Å². The molecule has 0 spiro atoms. The van der Waals surface area contributed by atoms with Crippen LogP contribution in [0.5, 0.6) is 0 Å². The first-order valence-corrected chi connectivity index (χ1v) is 8.64. The maximum Gasteiger partial charge on any atom is 0.234 e. The molecule has 0 aliphatic heterocycles. The van der Waals surface area contributed by atoms with E-state index in [1.54, 1.807) is 0 Å². The van der Waals surface area contributed by atoms with Crippen LogP contribution in [-0.4, -0.2) is 33.5 Å². The number of carbonyl (C=O) groups excluding carboxylic acids is 2. The molecule has 21 heavy (non-hydrogen) atoms. The van der Waals surface area contributed by atoms with E-state index in [1.165, 1.54) is 34.9 Å². The van der Waals surface area contributed by atoms with Crippen LogP contribution in [-0.2, 0) is 9.59 Å². The minimum Gasteiger partial charge on any atom is -0.369 e. The number of aromatic nitrogens is 2. The van der Waals surface area contributed by atoms with Crippen molar-refractivity contribution < 1.29 is 9.59 Å². The van der Waals surface area contributed by atoms with E-state index in [0.717, 1.165) is 5.69 Å². The number of nitrogens with zero attached hydrogens (tertiary/aromatic N) is 2. The Morgan fingerprint density at radius 2 is 1.71 bits per heavy atom. The number of nitrogens with two attached hydrogens (primary N) is 1. The minimum atomic E-state index is -0.397. The summed E-state index contributed by atoms with van der Waals surface area (Å²) in [6.07, 6.45) is 0. The van der Waals surface area contributed by atoms with Crippen LogP contribution in [0.2, 0.25) is 0 Å². The maximum atomic E-state index is 11.8. The standard InChI is InChI=1S/C12H12N4O2S3/c13-9(17)6-19-11-15-16-12(21-11)20-7-10(18)14-8-4-2-1-3-5-8/h1-5H,6-7H2,(H2,13,17)(H,14,18). The van der Waals surface area contributed by atoms with Gasteiger partial charge in [-0.3, -0.25) is 9.59 Å². The van der Waals surface area contributed by atoms with Gasteiger partial charge in [0.25, 0.3) is 0 Å². The third-order valence-electron chi connectivity index (χ3n) is 2.11. The molecule has 1 heterocycles. The molecular weight excluding hydrogens is 328 g/mol. The number of carbonyl (C=O) groups is 2. The van der Waals surface area contributed by atoms with Crippen molar-refractivity contribution in [2.24, 2.45) is 5.73 Å². The van der Waals surface area contributed by atoms with Crippen molar-refractivity contribution in [3.63, 3.8) is 0 Å². The molecule has 110 valence electrons. The van der Waals surface area contributed by atoms with E-state index in [9.17, 15) is 9.59 Å². The van der Waals surface area contributed by atoms with Gasteiger partial charge >= 0.3 is 0 Å². The van der Waals surface area contributed by atoms with Crippen molar-refractivity contribution >= 4 is 52.4 Å². The highest BCUT2D eigenvalue weighted by molar-refractivity contribution is 8.03. The van der Waals surface area contributed by atoms with Crippen LogP contribution in [0.4, 0.5) is 5.69 Å². The monoisotopic (exact) mass is 340 g/mol. The molecule has 0 fully saturated rings. The number of hydrogen-bond donors (Lipinski definition) is 2. The highest BCUT2D eigenvalue weighted by Crippen LogP contribution is 2.28. The van der Waals surface area contributed by atoms with Gasteiger partial charge in [0.15, 0.2) is 8.68 Å². The first-order valence-electron chi connectivity index (χ1n) is 5.86. The first-order chi connectivity index (χ1) is 10.1. The van der Waals surface area contributed by atoms with Gasteiger partial charge in [-0.25, -0.2) is 0 Å². The summed E-state index contributed by atoms with van der Waals surface area (Å²) in [4.78, 5) is 22.4. The van der Waals surface area contributed by atoms with E-state index in [0.29, 0.717) is 8.68 Å². The average molecular weight is 340 g/mol. The molecule has 1 aromatic carbocycles. The number of nitrogens with one attached hydrogen (secondary N) is 1. The second kappa shape index (κ2) is 8.01. The molecule has 0 saturated heterocycles. The predicted octanol–water partition coefficient (Wildman–Crippen LogP) is 1.85. The van der Waals surface area contributed by atoms with Crippen molar-refractivity contribution in [1.82, 2.24) is 10.2 Å². The zero-order valence-electron chi connectivity index (χ0n) is 10.8. The molecule has 0 radical (unpaired) electrons. The lowest BCUT2D eigenvalue weighted by molar-refractivity contribution is -0.115. The molecule has 2 aromatic rings. The van der Waals surface area contributed by atoms with Gasteiger partial charge < -0.3 is 11.1 Å². The fourth-order valence-corrected chi connectivity index (χ4v) is 3.85. The lowest BCUT2D eigenvalue weighted by atomic mass is 10.3. The van der Waals surface area contributed by atoms with Crippen molar-refractivity contribution in [2.75, 3.05) is 16.8 Å². The Morgan fingerprint density at radius 1 is 1.10 bits per heavy atom. The number of para-hydroxylation sites is 1. The normalized spacial score (nSPS) is 10.3. The SMILES string of the molecule is NC(=O)CSc1nnc(SCC(=O)Nc2ccccc2)s1. The van der Waals surface area contributed by atoms with Gasteiger partial charge in [0, 0.05) is 5.69 Å². The molecule has 1 aromatic heterocycles. The van der Waals surface area contributed by atoms with Crippen molar-refractivity contribution in [3.05, 3.63) is 30.3 Å². The van der Waals surface area contributed by atoms with Crippen LogP contribution in [0.3, 0.4) is 0 Å². The maximum absolute atomic E-state index is 11.8. The third-order valence-corrected chi connectivity index (χ3v) is 5.32. The zero-order valence-corrected chi connectivity index (χ0v) is 13.3. The molecule has 6 nitrogen and oxygen atoms in total. The van der Waals surface area contributed by atoms with E-state index in [1.807, 2.05) is 30.3 Å². The Hall–Kier alpha value is -1.58. The Labute approximate surface area is 133 Å². The molecule has 0 saturated carbocycles. The highest BCUT2D eigenvalue weighted by atomic mass is 32.2. The van der Waals surface area contributed by atoms with Gasteiger partial charge in [-0.05, 0) is 12.1 Å². The van der Waals surface area contributed by atoms with Crippen molar-refractivity contribution in [2.45, 2.75) is 8.68 Å². The number of hydrogen-bond acceptors (Lipinski definition) is 7. The molecule has 3 N–H and O–H groups in total. The summed E-state index contributed by atoms with van der Waals surface area (Å²) in [5.74, 6) is -0.0722. The Bertz CT molecular complexity index is 618. The van der Waals surface area contributed by atoms with E-state index < -0.39 is 5.91 Å². The Morgan fingerprint density at radius 3 is 2.33 bits per heavy atom. The largest absolute Gasteiger partial charge is 0.369 e. The van der Waals surface area contributed by atoms with Crippen LogP contribution in [0.1, 0.15) is 0 Å². The van der Waals surface area contributed by atoms with E-state index >= 15 is 0 Å². The van der Waals surface area contributed by atoms with E-state index in [-0.39, 0.29) is 17.4 Å². The lowest BCUT2D eigenvalue weighted by Crippen LogP contribution is -2.13. The van der Waals surface area contributed by atoms with Crippen LogP contribution in [0, 0.1) is 0 Å². The number of anilines is 1.